The van der Waals surface area contributed by atoms with E-state index in [4.69, 9.17) is 10.00 Å². The van der Waals surface area contributed by atoms with Gasteiger partial charge >= 0.3 is 5.97 Å². The molecule has 0 spiro atoms. The van der Waals surface area contributed by atoms with Crippen molar-refractivity contribution in [2.24, 2.45) is 0 Å². The fraction of sp³-hybridized carbons (Fsp3) is 0.214. The lowest BCUT2D eigenvalue weighted by Crippen LogP contribution is -2.22. The van der Waals surface area contributed by atoms with Crippen LogP contribution in [0.1, 0.15) is 18.4 Å². The van der Waals surface area contributed by atoms with Crippen molar-refractivity contribution in [3.8, 4) is 6.07 Å². The summed E-state index contributed by atoms with van der Waals surface area (Å²) in [6, 6.07) is 10.5. The highest BCUT2D eigenvalue weighted by Crippen LogP contribution is 2.17. The van der Waals surface area contributed by atoms with Gasteiger partial charge in [0.05, 0.1) is 12.7 Å². The Labute approximate surface area is 109 Å². The zero-order valence-electron chi connectivity index (χ0n) is 10.3. The number of aromatic nitrogens is 1. The summed E-state index contributed by atoms with van der Waals surface area (Å²) in [5.41, 5.74) is 0.328. The van der Waals surface area contributed by atoms with Crippen molar-refractivity contribution in [2.75, 3.05) is 6.61 Å². The van der Waals surface area contributed by atoms with Crippen molar-refractivity contribution >= 4 is 16.9 Å². The van der Waals surface area contributed by atoms with Gasteiger partial charge in [0.1, 0.15) is 0 Å². The minimum Gasteiger partial charge on any atom is -0.465 e. The van der Waals surface area contributed by atoms with E-state index in [9.17, 15) is 9.59 Å². The molecule has 0 aliphatic heterocycles. The van der Waals surface area contributed by atoms with E-state index in [0.29, 0.717) is 5.52 Å². The summed E-state index contributed by atoms with van der Waals surface area (Å²) in [5.74, 6) is -1.90. The monoisotopic (exact) mass is 256 g/mol. The van der Waals surface area contributed by atoms with Crippen LogP contribution in [0.5, 0.6) is 0 Å². The summed E-state index contributed by atoms with van der Waals surface area (Å²) >= 11 is 0. The second-order valence-electron chi connectivity index (χ2n) is 3.96. The predicted molar refractivity (Wildman–Crippen MR) is 69.6 cm³/mol. The van der Waals surface area contributed by atoms with Gasteiger partial charge in [-0.3, -0.25) is 9.59 Å². The number of ether oxygens (including phenoxy) is 1. The average molecular weight is 256 g/mol. The number of aromatic amines is 1. The van der Waals surface area contributed by atoms with Gasteiger partial charge in [0, 0.05) is 11.1 Å². The molecule has 1 atom stereocenters. The number of esters is 1. The van der Waals surface area contributed by atoms with Crippen molar-refractivity contribution < 1.29 is 9.53 Å². The molecule has 0 fully saturated rings. The summed E-state index contributed by atoms with van der Waals surface area (Å²) in [6.45, 7) is 1.82. The van der Waals surface area contributed by atoms with Crippen molar-refractivity contribution in [3.63, 3.8) is 0 Å². The van der Waals surface area contributed by atoms with Crippen molar-refractivity contribution in [3.05, 3.63) is 46.2 Å². The molecule has 1 heterocycles. The zero-order valence-corrected chi connectivity index (χ0v) is 10.3. The highest BCUT2D eigenvalue weighted by molar-refractivity contribution is 5.84. The number of fused-ring (bicyclic) bond motifs is 1. The molecule has 5 nitrogen and oxygen atoms in total. The van der Waals surface area contributed by atoms with Gasteiger partial charge in [0.25, 0.3) is 5.56 Å². The number of para-hydroxylation sites is 1. The SMILES string of the molecule is CCOC(=O)C(C#N)c1cc2ccccc2[nH]c1=O. The molecule has 0 aliphatic carbocycles. The molecule has 1 unspecified atom stereocenters. The first-order chi connectivity index (χ1) is 9.17. The number of pyridine rings is 1. The number of nitriles is 1. The lowest BCUT2D eigenvalue weighted by molar-refractivity contribution is -0.143. The summed E-state index contributed by atoms with van der Waals surface area (Å²) < 4.78 is 4.80. The quantitative estimate of drug-likeness (QED) is 0.847. The topological polar surface area (TPSA) is 82.9 Å². The van der Waals surface area contributed by atoms with Gasteiger partial charge in [-0.05, 0) is 24.4 Å². The zero-order chi connectivity index (χ0) is 13.8. The third kappa shape index (κ3) is 2.47. The Balaban J connectivity index is 2.55. The molecule has 1 N–H and O–H groups in total. The molecule has 1 aromatic carbocycles. The summed E-state index contributed by atoms with van der Waals surface area (Å²) in [4.78, 5) is 26.2. The number of benzene rings is 1. The van der Waals surface area contributed by atoms with Gasteiger partial charge in [-0.15, -0.1) is 0 Å². The van der Waals surface area contributed by atoms with Gasteiger partial charge in [-0.25, -0.2) is 0 Å². The maximum atomic E-state index is 11.9. The molecule has 2 aromatic rings. The van der Waals surface area contributed by atoms with Gasteiger partial charge in [-0.1, -0.05) is 18.2 Å². The van der Waals surface area contributed by atoms with Crippen LogP contribution in [0.4, 0.5) is 0 Å². The standard InChI is InChI=1S/C14H12N2O3/c1-2-19-14(18)11(8-15)10-7-9-5-3-4-6-12(9)16-13(10)17/h3-7,11H,2H2,1H3,(H,16,17). The highest BCUT2D eigenvalue weighted by atomic mass is 16.5. The molecule has 96 valence electrons. The van der Waals surface area contributed by atoms with Crippen LogP contribution in [0, 0.1) is 11.3 Å². The molecule has 2 rings (SSSR count). The summed E-state index contributed by atoms with van der Waals surface area (Å²) in [5, 5.41) is 9.83. The van der Waals surface area contributed by atoms with Gasteiger partial charge in [-0.2, -0.15) is 5.26 Å². The third-order valence-electron chi connectivity index (χ3n) is 2.74. The molecular weight excluding hydrogens is 244 g/mol. The largest absolute Gasteiger partial charge is 0.465 e. The Kier molecular flexibility index (Phi) is 3.62. The minimum absolute atomic E-state index is 0.111. The first-order valence-corrected chi connectivity index (χ1v) is 5.85. The van der Waals surface area contributed by atoms with Gasteiger partial charge in [0.2, 0.25) is 0 Å². The normalized spacial score (nSPS) is 11.8. The fourth-order valence-corrected chi connectivity index (χ4v) is 1.85. The van der Waals surface area contributed by atoms with Crippen molar-refractivity contribution in [1.82, 2.24) is 4.98 Å². The summed E-state index contributed by atoms with van der Waals surface area (Å²) in [6.07, 6.45) is 0. The second-order valence-corrected chi connectivity index (χ2v) is 3.96. The van der Waals surface area contributed by atoms with E-state index >= 15 is 0 Å². The first-order valence-electron chi connectivity index (χ1n) is 5.85. The number of H-pyrrole nitrogens is 1. The van der Waals surface area contributed by atoms with Crippen LogP contribution >= 0.6 is 0 Å². The molecule has 1 aromatic heterocycles. The lowest BCUT2D eigenvalue weighted by atomic mass is 10.0. The van der Waals surface area contributed by atoms with Gasteiger partial charge in [0.15, 0.2) is 5.92 Å². The molecule has 5 heteroatoms. The molecule has 0 amide bonds. The molecular formula is C14H12N2O3. The van der Waals surface area contributed by atoms with Crippen molar-refractivity contribution in [1.29, 1.82) is 5.26 Å². The molecule has 19 heavy (non-hydrogen) atoms. The summed E-state index contributed by atoms with van der Waals surface area (Å²) in [7, 11) is 0. The first kappa shape index (κ1) is 12.8. The number of nitrogens with zero attached hydrogens (tertiary/aromatic N) is 1. The van der Waals surface area contributed by atoms with Crippen molar-refractivity contribution in [2.45, 2.75) is 12.8 Å². The van der Waals surface area contributed by atoms with Crippen LogP contribution in [0.15, 0.2) is 35.1 Å². The van der Waals surface area contributed by atoms with E-state index in [1.165, 1.54) is 0 Å². The van der Waals surface area contributed by atoms with Crippen LogP contribution in [-0.2, 0) is 9.53 Å². The molecule has 0 bridgehead atoms. The third-order valence-corrected chi connectivity index (χ3v) is 2.74. The Hall–Kier alpha value is -2.61. The second kappa shape index (κ2) is 5.36. The van der Waals surface area contributed by atoms with E-state index in [-0.39, 0.29) is 12.2 Å². The number of carbonyl (C=O) groups excluding carboxylic acids is 1. The number of nitrogens with one attached hydrogen (secondary N) is 1. The van der Waals surface area contributed by atoms with Crippen LogP contribution in [0.2, 0.25) is 0 Å². The maximum absolute atomic E-state index is 11.9. The predicted octanol–water partition coefficient (Wildman–Crippen LogP) is 1.70. The molecule has 0 aliphatic rings. The molecule has 0 saturated carbocycles. The smallest absolute Gasteiger partial charge is 0.328 e. The van der Waals surface area contributed by atoms with E-state index in [1.54, 1.807) is 31.2 Å². The lowest BCUT2D eigenvalue weighted by Gasteiger charge is -2.08. The average Bonchev–Trinajstić information content (AvgIpc) is 2.40. The van der Waals surface area contributed by atoms with E-state index in [0.717, 1.165) is 5.39 Å². The Morgan fingerprint density at radius 2 is 2.21 bits per heavy atom. The van der Waals surface area contributed by atoms with E-state index in [2.05, 4.69) is 4.98 Å². The Morgan fingerprint density at radius 3 is 2.89 bits per heavy atom. The van der Waals surface area contributed by atoms with E-state index < -0.39 is 17.4 Å². The minimum atomic E-state index is -1.20. The van der Waals surface area contributed by atoms with Crippen LogP contribution in [0.25, 0.3) is 10.9 Å². The van der Waals surface area contributed by atoms with E-state index in [1.807, 2.05) is 12.1 Å². The maximum Gasteiger partial charge on any atom is 0.328 e. The fourth-order valence-electron chi connectivity index (χ4n) is 1.85. The number of hydrogen-bond acceptors (Lipinski definition) is 4. The molecule has 0 radical (unpaired) electrons. The van der Waals surface area contributed by atoms with Crippen LogP contribution < -0.4 is 5.56 Å². The highest BCUT2D eigenvalue weighted by Gasteiger charge is 2.24. The Morgan fingerprint density at radius 1 is 1.47 bits per heavy atom. The number of hydrogen-bond donors (Lipinski definition) is 1. The Bertz CT molecular complexity index is 712. The van der Waals surface area contributed by atoms with Crippen LogP contribution in [-0.4, -0.2) is 17.6 Å². The molecule has 0 saturated heterocycles. The number of carbonyl (C=O) groups is 1. The van der Waals surface area contributed by atoms with Crippen LogP contribution in [0.3, 0.4) is 0 Å². The van der Waals surface area contributed by atoms with Gasteiger partial charge < -0.3 is 9.72 Å². The number of rotatable bonds is 3.